The number of aldehydes is 1. The Hall–Kier alpha value is -3.11. The van der Waals surface area contributed by atoms with Crippen LogP contribution in [-0.4, -0.2) is 75.0 Å². The maximum absolute atomic E-state index is 13.5. The van der Waals surface area contributed by atoms with Crippen LogP contribution < -0.4 is 10.2 Å². The van der Waals surface area contributed by atoms with Gasteiger partial charge in [-0.2, -0.15) is 15.1 Å². The van der Waals surface area contributed by atoms with Gasteiger partial charge in [-0.3, -0.25) is 9.59 Å². The largest absolute Gasteiger partial charge is 0.353 e. The van der Waals surface area contributed by atoms with E-state index in [1.807, 2.05) is 0 Å². The molecule has 9 nitrogen and oxygen atoms in total. The summed E-state index contributed by atoms with van der Waals surface area (Å²) in [6.07, 6.45) is 2.64. The third-order valence-corrected chi connectivity index (χ3v) is 5.76. The third kappa shape index (κ3) is 4.97. The Bertz CT molecular complexity index is 947. The standard InChI is InChI=1S/C20H25F2N7O2/c1-14(31)27-8-10-28(11-9-27)17-12-18(29-7-4-16(13-30)26-29)25-19(24-17)23-15-2-5-20(21,22)6-3-15/h4,7,12-13,15H,2-3,5-6,8-11H2,1H3,(H,23,24,25). The van der Waals surface area contributed by atoms with Gasteiger partial charge in [0.15, 0.2) is 12.1 Å². The minimum Gasteiger partial charge on any atom is -0.353 e. The molecular weight excluding hydrogens is 408 g/mol. The quantitative estimate of drug-likeness (QED) is 0.722. The van der Waals surface area contributed by atoms with Gasteiger partial charge in [-0.1, -0.05) is 0 Å². The lowest BCUT2D eigenvalue weighted by Gasteiger charge is -2.35. The summed E-state index contributed by atoms with van der Waals surface area (Å²) < 4.78 is 28.5. The first-order valence-electron chi connectivity index (χ1n) is 10.4. The molecule has 0 aromatic carbocycles. The highest BCUT2D eigenvalue weighted by Crippen LogP contribution is 2.34. The predicted octanol–water partition coefficient (Wildman–Crippen LogP) is 2.13. The Balaban J connectivity index is 1.58. The molecule has 0 radical (unpaired) electrons. The molecule has 166 valence electrons. The van der Waals surface area contributed by atoms with Crippen LogP contribution >= 0.6 is 0 Å². The average molecular weight is 433 g/mol. The second kappa shape index (κ2) is 8.56. The van der Waals surface area contributed by atoms with Crippen LogP contribution in [0.4, 0.5) is 20.5 Å². The van der Waals surface area contributed by atoms with E-state index in [2.05, 4.69) is 25.3 Å². The molecule has 4 rings (SSSR count). The number of nitrogens with zero attached hydrogens (tertiary/aromatic N) is 6. The Labute approximate surface area is 178 Å². The number of anilines is 2. The van der Waals surface area contributed by atoms with E-state index < -0.39 is 5.92 Å². The van der Waals surface area contributed by atoms with Gasteiger partial charge in [-0.15, -0.1) is 0 Å². The molecule has 2 aliphatic rings. The van der Waals surface area contributed by atoms with Crippen molar-refractivity contribution < 1.29 is 18.4 Å². The maximum atomic E-state index is 13.5. The predicted molar refractivity (Wildman–Crippen MR) is 110 cm³/mol. The number of piperazine rings is 1. The topological polar surface area (TPSA) is 96.3 Å². The maximum Gasteiger partial charge on any atom is 0.248 e. The van der Waals surface area contributed by atoms with Gasteiger partial charge in [0.1, 0.15) is 11.5 Å². The van der Waals surface area contributed by atoms with Crippen LogP contribution in [0.3, 0.4) is 0 Å². The number of carbonyl (C=O) groups excluding carboxylic acids is 2. The number of carbonyl (C=O) groups is 2. The van der Waals surface area contributed by atoms with Crippen molar-refractivity contribution in [2.45, 2.75) is 44.6 Å². The van der Waals surface area contributed by atoms with E-state index in [0.717, 1.165) is 0 Å². The second-order valence-corrected chi connectivity index (χ2v) is 7.98. The Morgan fingerprint density at radius 1 is 1.16 bits per heavy atom. The molecule has 0 atom stereocenters. The molecule has 2 fully saturated rings. The number of nitrogens with one attached hydrogen (secondary N) is 1. The fraction of sp³-hybridized carbons (Fsp3) is 0.550. The van der Waals surface area contributed by atoms with E-state index in [9.17, 15) is 18.4 Å². The highest BCUT2D eigenvalue weighted by Gasteiger charge is 2.35. The van der Waals surface area contributed by atoms with Crippen LogP contribution in [0.2, 0.25) is 0 Å². The van der Waals surface area contributed by atoms with E-state index in [1.165, 1.54) is 4.68 Å². The van der Waals surface area contributed by atoms with Gasteiger partial charge >= 0.3 is 0 Å². The van der Waals surface area contributed by atoms with Gasteiger partial charge in [0.2, 0.25) is 17.8 Å². The van der Waals surface area contributed by atoms with Crippen molar-refractivity contribution in [3.63, 3.8) is 0 Å². The molecule has 31 heavy (non-hydrogen) atoms. The van der Waals surface area contributed by atoms with Crippen LogP contribution in [0.15, 0.2) is 18.3 Å². The van der Waals surface area contributed by atoms with Crippen molar-refractivity contribution in [1.82, 2.24) is 24.6 Å². The first-order valence-corrected chi connectivity index (χ1v) is 10.4. The van der Waals surface area contributed by atoms with Gasteiger partial charge in [0.25, 0.3) is 0 Å². The molecule has 2 aromatic rings. The van der Waals surface area contributed by atoms with Crippen molar-refractivity contribution in [1.29, 1.82) is 0 Å². The summed E-state index contributed by atoms with van der Waals surface area (Å²) in [5, 5.41) is 7.39. The zero-order chi connectivity index (χ0) is 22.0. The van der Waals surface area contributed by atoms with Gasteiger partial charge < -0.3 is 15.1 Å². The van der Waals surface area contributed by atoms with Crippen molar-refractivity contribution in [3.05, 3.63) is 24.0 Å². The zero-order valence-corrected chi connectivity index (χ0v) is 17.3. The molecule has 0 spiro atoms. The minimum atomic E-state index is -2.61. The van der Waals surface area contributed by atoms with Crippen LogP contribution in [0.5, 0.6) is 0 Å². The summed E-state index contributed by atoms with van der Waals surface area (Å²) in [5.74, 6) is -1.11. The van der Waals surface area contributed by atoms with Crippen LogP contribution in [-0.2, 0) is 4.79 Å². The van der Waals surface area contributed by atoms with Crippen LogP contribution in [0.25, 0.3) is 5.82 Å². The number of hydrogen-bond donors (Lipinski definition) is 1. The van der Waals surface area contributed by atoms with Crippen LogP contribution in [0.1, 0.15) is 43.1 Å². The zero-order valence-electron chi connectivity index (χ0n) is 17.3. The third-order valence-electron chi connectivity index (χ3n) is 5.76. The fourth-order valence-electron chi connectivity index (χ4n) is 3.91. The van der Waals surface area contributed by atoms with E-state index in [4.69, 9.17) is 0 Å². The first kappa shape index (κ1) is 21.1. The molecule has 11 heteroatoms. The summed E-state index contributed by atoms with van der Waals surface area (Å²) in [6.45, 7) is 3.96. The molecule has 0 bridgehead atoms. The van der Waals surface area contributed by atoms with E-state index in [1.54, 1.807) is 30.2 Å². The Morgan fingerprint density at radius 3 is 2.45 bits per heavy atom. The molecule has 1 N–H and O–H groups in total. The van der Waals surface area contributed by atoms with Crippen molar-refractivity contribution in [3.8, 4) is 5.82 Å². The van der Waals surface area contributed by atoms with Crippen molar-refractivity contribution >= 4 is 24.0 Å². The summed E-state index contributed by atoms with van der Waals surface area (Å²) in [4.78, 5) is 35.6. The number of rotatable bonds is 5. The number of halogens is 2. The number of alkyl halides is 2. The van der Waals surface area contributed by atoms with Gasteiger partial charge in [-0.05, 0) is 18.9 Å². The lowest BCUT2D eigenvalue weighted by Crippen LogP contribution is -2.48. The Morgan fingerprint density at radius 2 is 1.84 bits per heavy atom. The smallest absolute Gasteiger partial charge is 0.248 e. The average Bonchev–Trinajstić information content (AvgIpc) is 3.25. The lowest BCUT2D eigenvalue weighted by molar-refractivity contribution is -0.129. The van der Waals surface area contributed by atoms with Crippen molar-refractivity contribution in [2.75, 3.05) is 36.4 Å². The number of amides is 1. The monoisotopic (exact) mass is 433 g/mol. The summed E-state index contributed by atoms with van der Waals surface area (Å²) >= 11 is 0. The lowest BCUT2D eigenvalue weighted by atomic mass is 9.92. The molecule has 1 amide bonds. The minimum absolute atomic E-state index is 0.0393. The molecule has 1 aliphatic carbocycles. The highest BCUT2D eigenvalue weighted by atomic mass is 19.3. The van der Waals surface area contributed by atoms with E-state index in [-0.39, 0.29) is 30.5 Å². The van der Waals surface area contributed by atoms with Gasteiger partial charge in [0.05, 0.1) is 0 Å². The van der Waals surface area contributed by atoms with Gasteiger partial charge in [-0.25, -0.2) is 13.5 Å². The molecular formula is C20H25F2N7O2. The van der Waals surface area contributed by atoms with Crippen molar-refractivity contribution in [2.24, 2.45) is 0 Å². The molecule has 3 heterocycles. The highest BCUT2D eigenvalue weighted by molar-refractivity contribution is 5.73. The molecule has 0 unspecified atom stereocenters. The molecule has 1 saturated heterocycles. The summed E-state index contributed by atoms with van der Waals surface area (Å²) in [6, 6.07) is 3.21. The number of hydrogen-bond acceptors (Lipinski definition) is 7. The number of aromatic nitrogens is 4. The van der Waals surface area contributed by atoms with E-state index in [0.29, 0.717) is 62.9 Å². The first-order chi connectivity index (χ1) is 14.8. The summed E-state index contributed by atoms with van der Waals surface area (Å²) in [7, 11) is 0. The van der Waals surface area contributed by atoms with E-state index >= 15 is 0 Å². The molecule has 1 saturated carbocycles. The summed E-state index contributed by atoms with van der Waals surface area (Å²) in [5.41, 5.74) is 0.277. The second-order valence-electron chi connectivity index (χ2n) is 7.98. The Kier molecular flexibility index (Phi) is 5.84. The molecule has 2 aromatic heterocycles. The van der Waals surface area contributed by atoms with Crippen LogP contribution in [0, 0.1) is 0 Å². The normalized spacial score (nSPS) is 19.3. The SMILES string of the molecule is CC(=O)N1CCN(c2cc(-n3ccc(C=O)n3)nc(NC3CCC(F)(F)CC3)n2)CC1. The van der Waals surface area contributed by atoms with Gasteiger partial charge in [0, 0.05) is 64.2 Å². The fourth-order valence-corrected chi connectivity index (χ4v) is 3.91. The molecule has 1 aliphatic heterocycles.